The van der Waals surface area contributed by atoms with Gasteiger partial charge < -0.3 is 4.57 Å². The monoisotopic (exact) mass is 630 g/mol. The van der Waals surface area contributed by atoms with E-state index in [4.69, 9.17) is 0 Å². The highest BCUT2D eigenvalue weighted by Gasteiger charge is 2.41. The summed E-state index contributed by atoms with van der Waals surface area (Å²) in [6.07, 6.45) is 0. The summed E-state index contributed by atoms with van der Waals surface area (Å²) in [6.45, 7) is 2.10. The van der Waals surface area contributed by atoms with Gasteiger partial charge in [-0.25, -0.2) is 4.90 Å². The van der Waals surface area contributed by atoms with E-state index in [1.807, 2.05) is 103 Å². The van der Waals surface area contributed by atoms with Crippen molar-refractivity contribution in [2.24, 2.45) is 0 Å². The Labute approximate surface area is 284 Å². The summed E-state index contributed by atoms with van der Waals surface area (Å²) < 4.78 is 2.18. The number of carbonyl (C=O) groups excluding carboxylic acids is 2. The highest BCUT2D eigenvalue weighted by molar-refractivity contribution is 6.37. The molecule has 0 saturated carbocycles. The fourth-order valence-corrected chi connectivity index (χ4v) is 7.46. The molecule has 2 heterocycles. The summed E-state index contributed by atoms with van der Waals surface area (Å²) >= 11 is 0. The maximum atomic E-state index is 15.1. The van der Waals surface area contributed by atoms with Crippen LogP contribution in [0.3, 0.4) is 0 Å². The number of anilines is 1. The average molecular weight is 631 g/mol. The van der Waals surface area contributed by atoms with Crippen LogP contribution in [-0.4, -0.2) is 16.4 Å². The lowest BCUT2D eigenvalue weighted by atomic mass is 9.95. The lowest BCUT2D eigenvalue weighted by Crippen LogP contribution is -2.30. The minimum Gasteiger partial charge on any atom is -0.308 e. The zero-order valence-corrected chi connectivity index (χ0v) is 26.8. The van der Waals surface area contributed by atoms with Gasteiger partial charge in [0.25, 0.3) is 11.8 Å². The van der Waals surface area contributed by atoms with Crippen LogP contribution in [0.2, 0.25) is 0 Å². The largest absolute Gasteiger partial charge is 0.308 e. The van der Waals surface area contributed by atoms with Crippen LogP contribution in [0, 0.1) is 6.92 Å². The van der Waals surface area contributed by atoms with E-state index in [0.29, 0.717) is 22.5 Å². The predicted octanol–water partition coefficient (Wildman–Crippen LogP) is 10.9. The first kappa shape index (κ1) is 28.7. The number of rotatable bonds is 5. The summed E-state index contributed by atoms with van der Waals surface area (Å²) in [6, 6.07) is 54.6. The van der Waals surface area contributed by atoms with Crippen LogP contribution >= 0.6 is 0 Å². The number of imide groups is 1. The third-order valence-electron chi connectivity index (χ3n) is 9.59. The van der Waals surface area contributed by atoms with Crippen LogP contribution in [0.5, 0.6) is 0 Å². The molecule has 0 aliphatic carbocycles. The lowest BCUT2D eigenvalue weighted by Gasteiger charge is -2.23. The molecule has 9 rings (SSSR count). The summed E-state index contributed by atoms with van der Waals surface area (Å²) in [4.78, 5) is 31.1. The van der Waals surface area contributed by atoms with Crippen molar-refractivity contribution >= 4 is 39.3 Å². The van der Waals surface area contributed by atoms with Gasteiger partial charge in [0.1, 0.15) is 0 Å². The zero-order valence-electron chi connectivity index (χ0n) is 26.8. The molecular formula is C45H30N2O2. The molecule has 0 fully saturated rings. The molecule has 0 radical (unpaired) electrons. The Morgan fingerprint density at radius 1 is 0.449 bits per heavy atom. The van der Waals surface area contributed by atoms with Crippen molar-refractivity contribution in [3.05, 3.63) is 180 Å². The van der Waals surface area contributed by atoms with Crippen molar-refractivity contribution in [3.8, 4) is 39.1 Å². The van der Waals surface area contributed by atoms with E-state index in [2.05, 4.69) is 66.1 Å². The molecule has 232 valence electrons. The van der Waals surface area contributed by atoms with Crippen molar-refractivity contribution in [2.75, 3.05) is 4.90 Å². The lowest BCUT2D eigenvalue weighted by molar-refractivity contribution is 0.0926. The van der Waals surface area contributed by atoms with Crippen molar-refractivity contribution < 1.29 is 9.59 Å². The number of hydrogen-bond donors (Lipinski definition) is 0. The van der Waals surface area contributed by atoms with Crippen LogP contribution in [0.1, 0.15) is 26.3 Å². The number of nitrogens with zero attached hydrogens (tertiary/aromatic N) is 2. The second kappa shape index (κ2) is 11.3. The Kier molecular flexibility index (Phi) is 6.63. The normalized spacial score (nSPS) is 12.6. The van der Waals surface area contributed by atoms with Gasteiger partial charge in [0.2, 0.25) is 0 Å². The van der Waals surface area contributed by atoms with Gasteiger partial charge in [0, 0.05) is 27.5 Å². The molecular weight excluding hydrogens is 601 g/mol. The number of para-hydroxylation sites is 3. The van der Waals surface area contributed by atoms with E-state index in [-0.39, 0.29) is 11.8 Å². The molecule has 0 atom stereocenters. The number of hydrogen-bond acceptors (Lipinski definition) is 2. The van der Waals surface area contributed by atoms with Crippen molar-refractivity contribution in [3.63, 3.8) is 0 Å². The molecule has 0 unspecified atom stereocenters. The summed E-state index contributed by atoms with van der Waals surface area (Å²) in [5.74, 6) is -0.669. The van der Waals surface area contributed by atoms with Crippen LogP contribution in [-0.2, 0) is 0 Å². The second-order valence-corrected chi connectivity index (χ2v) is 12.5. The highest BCUT2D eigenvalue weighted by atomic mass is 16.2. The second-order valence-electron chi connectivity index (χ2n) is 12.5. The zero-order chi connectivity index (χ0) is 33.1. The minimum atomic E-state index is -0.338. The van der Waals surface area contributed by atoms with E-state index < -0.39 is 0 Å². The first-order chi connectivity index (χ1) is 24.1. The fourth-order valence-electron chi connectivity index (χ4n) is 7.46. The number of benzene rings is 7. The van der Waals surface area contributed by atoms with Gasteiger partial charge in [-0.15, -0.1) is 0 Å². The van der Waals surface area contributed by atoms with Gasteiger partial charge in [-0.05, 0) is 41.8 Å². The van der Waals surface area contributed by atoms with E-state index in [0.717, 1.165) is 55.2 Å². The van der Waals surface area contributed by atoms with E-state index in [1.165, 1.54) is 10.5 Å². The van der Waals surface area contributed by atoms with Crippen molar-refractivity contribution in [1.29, 1.82) is 0 Å². The third-order valence-corrected chi connectivity index (χ3v) is 9.59. The van der Waals surface area contributed by atoms with Gasteiger partial charge in [0.15, 0.2) is 0 Å². The maximum Gasteiger partial charge on any atom is 0.268 e. The standard InChI is InChI=1S/C45H30N2O2/c1-29-14-10-19-32(28-29)35-23-12-24-37-36-20-8-9-26-39(36)46(43(35)37)40-27-13-25-38-41(40)45(49)47(44(38)48)42-33(30-15-4-2-5-16-30)21-11-22-34(42)31-17-6-3-7-18-31/h2-28H,1H3. The Balaban J connectivity index is 1.32. The van der Waals surface area contributed by atoms with Gasteiger partial charge in [-0.3, -0.25) is 9.59 Å². The van der Waals surface area contributed by atoms with Gasteiger partial charge in [0.05, 0.1) is 33.5 Å². The fraction of sp³-hybridized carbons (Fsp3) is 0.0222. The van der Waals surface area contributed by atoms with Crippen molar-refractivity contribution in [2.45, 2.75) is 6.92 Å². The SMILES string of the molecule is Cc1cccc(-c2cccc3c4ccccc4n(-c4cccc5c4C(=O)N(c4c(-c6ccccc6)cccc4-c4ccccc4)C5=O)c23)c1. The van der Waals surface area contributed by atoms with Gasteiger partial charge in [-0.1, -0.05) is 151 Å². The van der Waals surface area contributed by atoms with Crippen molar-refractivity contribution in [1.82, 2.24) is 4.57 Å². The maximum absolute atomic E-state index is 15.1. The van der Waals surface area contributed by atoms with Crippen LogP contribution < -0.4 is 4.90 Å². The molecule has 0 N–H and O–H groups in total. The van der Waals surface area contributed by atoms with E-state index in [1.54, 1.807) is 6.07 Å². The Morgan fingerprint density at radius 3 is 1.71 bits per heavy atom. The topological polar surface area (TPSA) is 42.3 Å². The Bertz CT molecular complexity index is 2540. The number of fused-ring (bicyclic) bond motifs is 4. The molecule has 4 heteroatoms. The molecule has 4 nitrogen and oxygen atoms in total. The minimum absolute atomic E-state index is 0.331. The van der Waals surface area contributed by atoms with Gasteiger partial charge in [-0.2, -0.15) is 0 Å². The quantitative estimate of drug-likeness (QED) is 0.178. The summed E-state index contributed by atoms with van der Waals surface area (Å²) in [5, 5.41) is 2.17. The van der Waals surface area contributed by atoms with Crippen LogP contribution in [0.15, 0.2) is 164 Å². The van der Waals surface area contributed by atoms with Crippen LogP contribution in [0.4, 0.5) is 5.69 Å². The first-order valence-electron chi connectivity index (χ1n) is 16.5. The molecule has 7 aromatic carbocycles. The molecule has 1 aliphatic rings. The third kappa shape index (κ3) is 4.45. The molecule has 8 aromatic rings. The number of aromatic nitrogens is 1. The number of aryl methyl sites for hydroxylation is 1. The number of carbonyl (C=O) groups is 2. The van der Waals surface area contributed by atoms with Crippen LogP contribution in [0.25, 0.3) is 60.9 Å². The van der Waals surface area contributed by atoms with E-state index in [9.17, 15) is 4.79 Å². The molecule has 1 aromatic heterocycles. The highest BCUT2D eigenvalue weighted by Crippen LogP contribution is 2.45. The molecule has 0 saturated heterocycles. The van der Waals surface area contributed by atoms with E-state index >= 15 is 4.79 Å². The predicted molar refractivity (Wildman–Crippen MR) is 199 cm³/mol. The van der Waals surface area contributed by atoms with Gasteiger partial charge >= 0.3 is 0 Å². The molecule has 1 aliphatic heterocycles. The summed E-state index contributed by atoms with van der Waals surface area (Å²) in [5.41, 5.74) is 10.8. The number of amides is 2. The molecule has 49 heavy (non-hydrogen) atoms. The molecule has 0 spiro atoms. The average Bonchev–Trinajstić information content (AvgIpc) is 3.62. The summed E-state index contributed by atoms with van der Waals surface area (Å²) in [7, 11) is 0. The smallest absolute Gasteiger partial charge is 0.268 e. The molecule has 0 bridgehead atoms. The Hall–Kier alpha value is -6.52. The molecule has 2 amide bonds. The Morgan fingerprint density at radius 2 is 1.00 bits per heavy atom. The first-order valence-corrected chi connectivity index (χ1v) is 16.5.